The number of nitrogens with one attached hydrogen (secondary N) is 1. The summed E-state index contributed by atoms with van der Waals surface area (Å²) in [5.74, 6) is 0.142. The summed E-state index contributed by atoms with van der Waals surface area (Å²) in [7, 11) is 0. The molecule has 2 heterocycles. The van der Waals surface area contributed by atoms with Gasteiger partial charge in [-0.1, -0.05) is 29.3 Å². The van der Waals surface area contributed by atoms with Crippen LogP contribution in [-0.4, -0.2) is 24.1 Å². The Labute approximate surface area is 151 Å². The van der Waals surface area contributed by atoms with Crippen molar-refractivity contribution in [3.63, 3.8) is 0 Å². The van der Waals surface area contributed by atoms with Gasteiger partial charge in [0.2, 0.25) is 0 Å². The van der Waals surface area contributed by atoms with E-state index in [0.717, 1.165) is 18.4 Å². The second-order valence-electron chi connectivity index (χ2n) is 5.82. The van der Waals surface area contributed by atoms with Crippen LogP contribution in [-0.2, 0) is 4.74 Å². The predicted octanol–water partition coefficient (Wildman–Crippen LogP) is 4.29. The lowest BCUT2D eigenvalue weighted by atomic mass is 9.87. The molecule has 0 radical (unpaired) electrons. The van der Waals surface area contributed by atoms with E-state index in [4.69, 9.17) is 27.9 Å². The molecule has 0 spiro atoms. The lowest BCUT2D eigenvalue weighted by Gasteiger charge is -2.31. The highest BCUT2D eigenvalue weighted by molar-refractivity contribution is 6.42. The van der Waals surface area contributed by atoms with E-state index in [2.05, 4.69) is 10.3 Å². The summed E-state index contributed by atoms with van der Waals surface area (Å²) >= 11 is 11.9. The SMILES string of the molecule is O=C(NC(c1cccnc1)C1CCOCC1)c1ccc(Cl)c(Cl)c1. The monoisotopic (exact) mass is 364 g/mol. The summed E-state index contributed by atoms with van der Waals surface area (Å²) in [4.78, 5) is 16.9. The molecule has 126 valence electrons. The van der Waals surface area contributed by atoms with Crippen LogP contribution >= 0.6 is 23.2 Å². The first-order valence-corrected chi connectivity index (χ1v) is 8.64. The Morgan fingerprint density at radius 3 is 2.67 bits per heavy atom. The van der Waals surface area contributed by atoms with Crippen molar-refractivity contribution in [2.24, 2.45) is 5.92 Å². The lowest BCUT2D eigenvalue weighted by molar-refractivity contribution is 0.0513. The van der Waals surface area contributed by atoms with E-state index in [1.807, 2.05) is 12.1 Å². The standard InChI is InChI=1S/C18H18Cl2N2O2/c19-15-4-3-13(10-16(15)20)18(23)22-17(12-5-8-24-9-6-12)14-2-1-7-21-11-14/h1-4,7,10-12,17H,5-6,8-9H2,(H,22,23). The number of carbonyl (C=O) groups is 1. The molecule has 1 amide bonds. The Balaban J connectivity index is 1.82. The summed E-state index contributed by atoms with van der Waals surface area (Å²) in [5, 5.41) is 3.93. The van der Waals surface area contributed by atoms with Crippen LogP contribution in [0, 0.1) is 5.92 Å². The molecule has 1 saturated heterocycles. The van der Waals surface area contributed by atoms with Gasteiger partial charge < -0.3 is 10.1 Å². The van der Waals surface area contributed by atoms with Crippen molar-refractivity contribution < 1.29 is 9.53 Å². The van der Waals surface area contributed by atoms with Gasteiger partial charge in [0.15, 0.2) is 0 Å². The molecule has 24 heavy (non-hydrogen) atoms. The average Bonchev–Trinajstić information content (AvgIpc) is 2.63. The normalized spacial score (nSPS) is 16.6. The van der Waals surface area contributed by atoms with Crippen molar-refractivity contribution in [3.8, 4) is 0 Å². The van der Waals surface area contributed by atoms with Crippen molar-refractivity contribution in [2.75, 3.05) is 13.2 Å². The number of pyridine rings is 1. The average molecular weight is 365 g/mol. The number of hydrogen-bond acceptors (Lipinski definition) is 3. The third kappa shape index (κ3) is 4.07. The highest BCUT2D eigenvalue weighted by Gasteiger charge is 2.27. The highest BCUT2D eigenvalue weighted by atomic mass is 35.5. The first-order chi connectivity index (χ1) is 11.6. The van der Waals surface area contributed by atoms with Crippen LogP contribution in [0.5, 0.6) is 0 Å². The molecule has 0 aliphatic carbocycles. The molecular weight excluding hydrogens is 347 g/mol. The van der Waals surface area contributed by atoms with Crippen molar-refractivity contribution in [2.45, 2.75) is 18.9 Å². The number of carbonyl (C=O) groups excluding carboxylic acids is 1. The Kier molecular flexibility index (Phi) is 5.72. The van der Waals surface area contributed by atoms with Gasteiger partial charge in [0.1, 0.15) is 0 Å². The van der Waals surface area contributed by atoms with Crippen molar-refractivity contribution in [1.82, 2.24) is 10.3 Å². The molecule has 1 aliphatic rings. The van der Waals surface area contributed by atoms with Gasteiger partial charge in [-0.3, -0.25) is 9.78 Å². The van der Waals surface area contributed by atoms with E-state index in [-0.39, 0.29) is 11.9 Å². The molecule has 1 aromatic carbocycles. The summed E-state index contributed by atoms with van der Waals surface area (Å²) in [6, 6.07) is 8.66. The number of amides is 1. The number of aromatic nitrogens is 1. The van der Waals surface area contributed by atoms with Crippen molar-refractivity contribution in [1.29, 1.82) is 0 Å². The van der Waals surface area contributed by atoms with Gasteiger partial charge in [-0.15, -0.1) is 0 Å². The third-order valence-electron chi connectivity index (χ3n) is 4.25. The van der Waals surface area contributed by atoms with Crippen LogP contribution in [0.3, 0.4) is 0 Å². The van der Waals surface area contributed by atoms with Gasteiger partial charge in [-0.05, 0) is 48.6 Å². The molecule has 1 aliphatic heterocycles. The summed E-state index contributed by atoms with van der Waals surface area (Å²) in [6.45, 7) is 1.42. The minimum atomic E-state index is -0.172. The number of nitrogens with zero attached hydrogens (tertiary/aromatic N) is 1. The second kappa shape index (κ2) is 7.97. The van der Waals surface area contributed by atoms with Crippen LogP contribution in [0.4, 0.5) is 0 Å². The van der Waals surface area contributed by atoms with Gasteiger partial charge >= 0.3 is 0 Å². The maximum absolute atomic E-state index is 12.7. The Hall–Kier alpha value is -1.62. The van der Waals surface area contributed by atoms with Gasteiger partial charge in [-0.2, -0.15) is 0 Å². The maximum Gasteiger partial charge on any atom is 0.251 e. The Bertz CT molecular complexity index is 703. The van der Waals surface area contributed by atoms with Crippen LogP contribution in [0.2, 0.25) is 10.0 Å². The van der Waals surface area contributed by atoms with E-state index >= 15 is 0 Å². The van der Waals surface area contributed by atoms with Gasteiger partial charge in [0.05, 0.1) is 16.1 Å². The van der Waals surface area contributed by atoms with Crippen LogP contribution in [0.15, 0.2) is 42.7 Å². The lowest BCUT2D eigenvalue weighted by Crippen LogP contribution is -2.36. The van der Waals surface area contributed by atoms with Crippen molar-refractivity contribution in [3.05, 3.63) is 63.9 Å². The number of benzene rings is 1. The van der Waals surface area contributed by atoms with Crippen LogP contribution in [0.25, 0.3) is 0 Å². The van der Waals surface area contributed by atoms with Gasteiger partial charge in [0, 0.05) is 31.2 Å². The maximum atomic E-state index is 12.7. The molecule has 0 saturated carbocycles. The molecule has 1 atom stereocenters. The van der Waals surface area contributed by atoms with Crippen LogP contribution < -0.4 is 5.32 Å². The fraction of sp³-hybridized carbons (Fsp3) is 0.333. The Morgan fingerprint density at radius 1 is 1.21 bits per heavy atom. The molecule has 3 rings (SSSR count). The van der Waals surface area contributed by atoms with Gasteiger partial charge in [-0.25, -0.2) is 0 Å². The third-order valence-corrected chi connectivity index (χ3v) is 4.99. The molecule has 1 N–H and O–H groups in total. The van der Waals surface area contributed by atoms with E-state index in [1.54, 1.807) is 30.6 Å². The minimum absolute atomic E-state index is 0.107. The second-order valence-corrected chi connectivity index (χ2v) is 6.63. The highest BCUT2D eigenvalue weighted by Crippen LogP contribution is 2.30. The summed E-state index contributed by atoms with van der Waals surface area (Å²) in [5.41, 5.74) is 1.49. The fourth-order valence-corrected chi connectivity index (χ4v) is 3.24. The zero-order chi connectivity index (χ0) is 16.9. The Morgan fingerprint density at radius 2 is 2.00 bits per heavy atom. The molecule has 2 aromatic rings. The molecule has 0 bridgehead atoms. The zero-order valence-electron chi connectivity index (χ0n) is 13.0. The van der Waals surface area contributed by atoms with Crippen LogP contribution in [0.1, 0.15) is 34.8 Å². The molecule has 6 heteroatoms. The number of hydrogen-bond donors (Lipinski definition) is 1. The zero-order valence-corrected chi connectivity index (χ0v) is 14.6. The first kappa shape index (κ1) is 17.2. The number of halogens is 2. The number of rotatable bonds is 4. The minimum Gasteiger partial charge on any atom is -0.381 e. The quantitative estimate of drug-likeness (QED) is 0.880. The summed E-state index contributed by atoms with van der Waals surface area (Å²) < 4.78 is 5.44. The first-order valence-electron chi connectivity index (χ1n) is 7.89. The van der Waals surface area contributed by atoms with Crippen molar-refractivity contribution >= 4 is 29.1 Å². The molecular formula is C18H18Cl2N2O2. The predicted molar refractivity (Wildman–Crippen MR) is 94.4 cm³/mol. The smallest absolute Gasteiger partial charge is 0.251 e. The molecule has 1 aromatic heterocycles. The molecule has 1 fully saturated rings. The van der Waals surface area contributed by atoms with E-state index in [0.29, 0.717) is 34.7 Å². The number of ether oxygens (including phenoxy) is 1. The van der Waals surface area contributed by atoms with E-state index in [1.165, 1.54) is 0 Å². The fourth-order valence-electron chi connectivity index (χ4n) is 2.94. The summed E-state index contributed by atoms with van der Waals surface area (Å²) in [6.07, 6.45) is 5.34. The topological polar surface area (TPSA) is 51.2 Å². The van der Waals surface area contributed by atoms with E-state index < -0.39 is 0 Å². The van der Waals surface area contributed by atoms with Gasteiger partial charge in [0.25, 0.3) is 5.91 Å². The molecule has 4 nitrogen and oxygen atoms in total. The van der Waals surface area contributed by atoms with E-state index in [9.17, 15) is 4.79 Å². The largest absolute Gasteiger partial charge is 0.381 e. The molecule has 1 unspecified atom stereocenters.